The van der Waals surface area contributed by atoms with E-state index in [2.05, 4.69) is 34.7 Å². The number of aliphatic hydroxyl groups excluding tert-OH is 2. The van der Waals surface area contributed by atoms with E-state index in [-0.39, 0.29) is 69.1 Å². The molecule has 0 aromatic heterocycles. The molecule has 17 nitrogen and oxygen atoms in total. The van der Waals surface area contributed by atoms with Crippen LogP contribution in [0.25, 0.3) is 0 Å². The zero-order valence-electron chi connectivity index (χ0n) is 44.2. The van der Waals surface area contributed by atoms with Crippen molar-refractivity contribution in [2.24, 2.45) is 34.6 Å². The van der Waals surface area contributed by atoms with Gasteiger partial charge in [-0.05, 0) is 63.2 Å². The van der Waals surface area contributed by atoms with Gasteiger partial charge < -0.3 is 55.3 Å². The minimum absolute atomic E-state index is 0.0179. The number of ketones is 2. The number of phenols is 1. The van der Waals surface area contributed by atoms with Crippen molar-refractivity contribution in [3.05, 3.63) is 100 Å². The standard InChI is InChI=1S/C57H74N6O11/c1-31(2)30-62-26-22-57(23-27-62)60-45-42-43-50(68)37(8)53-44(42)54(70)56(9,74-53)72-28-14-17-33(4)52(73-41(65)29-40(64)63-24-20-39(21-25-63)58-38-18-11-10-12-19-38)36(7)49(67)35(6)48(66)32(3)15-13-16-34(5)55(71)59-47(51(43)69)46(45)61-57/h10-16,18-19,28,31-33,35-36,39,48-49,52,58,61,66-68H,17,20-27,29-30H2,1-9H3,(H,59,71)/b15-13+,28-14+,34-16-/t32-,33+,35+,36+,48-,49+,52+,56-/m0/s1. The van der Waals surface area contributed by atoms with Crippen LogP contribution < -0.4 is 20.7 Å². The highest BCUT2D eigenvalue weighted by atomic mass is 16.7. The predicted octanol–water partition coefficient (Wildman–Crippen LogP) is 6.46. The number of Topliss-reactive ketones (excluding diaryl/α,β-unsaturated/α-hetero) is 2. The summed E-state index contributed by atoms with van der Waals surface area (Å²) >= 11 is 0. The maximum atomic E-state index is 14.8. The molecule has 6 aliphatic heterocycles. The van der Waals surface area contributed by atoms with E-state index in [4.69, 9.17) is 19.2 Å². The lowest BCUT2D eigenvalue weighted by Gasteiger charge is -2.38. The van der Waals surface area contributed by atoms with Gasteiger partial charge in [0.1, 0.15) is 35.4 Å². The number of nitrogens with zero attached hydrogens (tertiary/aromatic N) is 3. The SMILES string of the molecule is C/C1=C/C=C/[C@H](C)[C@H](O)[C@@H](C)[C@@H](O)[C@@H](C)[C@H](OC(=O)CC(=O)N2CCC(Nc3ccccc3)CC2)[C@H](C)C/C=C/O[C@@]2(C)Oc3c(C)c(O)c4c(c3C2=O)C2=NC3(CCN(CC(C)C)CC3)NC2=C(NC1=O)C4=O. The van der Waals surface area contributed by atoms with Gasteiger partial charge in [0.2, 0.25) is 11.7 Å². The lowest BCUT2D eigenvalue weighted by atomic mass is 9.79. The van der Waals surface area contributed by atoms with Gasteiger partial charge in [-0.2, -0.15) is 0 Å². The highest BCUT2D eigenvalue weighted by Crippen LogP contribution is 2.50. The Kier molecular flexibility index (Phi) is 16.0. The number of likely N-dealkylation sites (tertiary alicyclic amines) is 2. The number of amides is 2. The molecule has 9 rings (SSSR count). The number of aliphatic imine (C=N–C) groups is 1. The number of esters is 1. The smallest absolute Gasteiger partial charge is 0.315 e. The monoisotopic (exact) mass is 1020 g/mol. The second-order valence-electron chi connectivity index (χ2n) is 21.9. The third kappa shape index (κ3) is 10.9. The maximum absolute atomic E-state index is 14.8. The number of benzene rings is 2. The summed E-state index contributed by atoms with van der Waals surface area (Å²) < 4.78 is 18.6. The summed E-state index contributed by atoms with van der Waals surface area (Å²) in [6, 6.07) is 10.1. The molecule has 5 bridgehead atoms. The molecule has 2 saturated heterocycles. The molecule has 0 radical (unpaired) electrons. The Morgan fingerprint density at radius 3 is 2.30 bits per heavy atom. The number of ether oxygens (including phenoxy) is 3. The van der Waals surface area contributed by atoms with Gasteiger partial charge in [0.25, 0.3) is 11.7 Å². The minimum atomic E-state index is -1.96. The third-order valence-electron chi connectivity index (χ3n) is 15.8. The fourth-order valence-electron chi connectivity index (χ4n) is 11.3. The molecule has 74 heavy (non-hydrogen) atoms. The molecule has 2 aromatic rings. The molecular weight excluding hydrogens is 945 g/mol. The van der Waals surface area contributed by atoms with Crippen LogP contribution in [0.3, 0.4) is 0 Å². The molecule has 7 aliphatic rings. The molecule has 6 heterocycles. The van der Waals surface area contributed by atoms with Gasteiger partial charge in [-0.1, -0.05) is 78.0 Å². The van der Waals surface area contributed by atoms with Crippen LogP contribution in [0.5, 0.6) is 11.5 Å². The Morgan fingerprint density at radius 2 is 1.62 bits per heavy atom. The first-order chi connectivity index (χ1) is 35.1. The summed E-state index contributed by atoms with van der Waals surface area (Å²) in [7, 11) is 0. The minimum Gasteiger partial charge on any atom is -0.507 e. The first-order valence-corrected chi connectivity index (χ1v) is 26.3. The number of carbonyl (C=O) groups is 5. The number of carbonyl (C=O) groups excluding carboxylic acids is 5. The zero-order valence-corrected chi connectivity index (χ0v) is 44.2. The Bertz CT molecular complexity index is 2680. The molecule has 0 unspecified atom stereocenters. The summed E-state index contributed by atoms with van der Waals surface area (Å²) in [4.78, 5) is 80.2. The fraction of sp³-hybridized carbons (Fsp3) is 0.544. The number of aromatic hydroxyl groups is 1. The van der Waals surface area contributed by atoms with Gasteiger partial charge in [0, 0.05) is 98.7 Å². The number of aliphatic hydroxyl groups is 2. The van der Waals surface area contributed by atoms with Crippen molar-refractivity contribution in [2.75, 3.05) is 38.0 Å². The van der Waals surface area contributed by atoms with E-state index in [1.807, 2.05) is 37.3 Å². The Morgan fingerprint density at radius 1 is 0.932 bits per heavy atom. The molecule has 2 fully saturated rings. The molecule has 2 aromatic carbocycles. The highest BCUT2D eigenvalue weighted by Gasteiger charge is 2.54. The Labute approximate surface area is 434 Å². The van der Waals surface area contributed by atoms with Crippen LogP contribution in [-0.4, -0.2) is 129 Å². The Balaban J connectivity index is 1.08. The van der Waals surface area contributed by atoms with Crippen LogP contribution in [0.2, 0.25) is 0 Å². The van der Waals surface area contributed by atoms with Gasteiger partial charge in [-0.3, -0.25) is 29.0 Å². The number of rotatable bonds is 7. The number of allylic oxidation sites excluding steroid dienone is 5. The molecule has 398 valence electrons. The van der Waals surface area contributed by atoms with Crippen LogP contribution in [0.1, 0.15) is 126 Å². The molecule has 17 heteroatoms. The average molecular weight is 1020 g/mol. The molecule has 2 amide bonds. The first-order valence-electron chi connectivity index (χ1n) is 26.3. The van der Waals surface area contributed by atoms with Crippen molar-refractivity contribution >= 4 is 40.7 Å². The van der Waals surface area contributed by atoms with E-state index < -0.39 is 89.0 Å². The maximum Gasteiger partial charge on any atom is 0.315 e. The summed E-state index contributed by atoms with van der Waals surface area (Å²) in [6.07, 6.45) is 6.94. The Hall–Kier alpha value is -6.30. The average Bonchev–Trinajstić information content (AvgIpc) is 3.87. The predicted molar refractivity (Wildman–Crippen MR) is 279 cm³/mol. The molecule has 6 N–H and O–H groups in total. The van der Waals surface area contributed by atoms with Gasteiger partial charge in [0.15, 0.2) is 0 Å². The number of nitrogens with one attached hydrogen (secondary N) is 3. The van der Waals surface area contributed by atoms with Crippen LogP contribution in [0.15, 0.2) is 82.9 Å². The second-order valence-corrected chi connectivity index (χ2v) is 21.9. The number of fused-ring (bicyclic) bond motifs is 13. The lowest BCUT2D eigenvalue weighted by molar-refractivity contribution is -0.162. The summed E-state index contributed by atoms with van der Waals surface area (Å²) in [5.74, 6) is -7.40. The summed E-state index contributed by atoms with van der Waals surface area (Å²) in [5.41, 5.74) is 0.774. The van der Waals surface area contributed by atoms with Crippen LogP contribution >= 0.6 is 0 Å². The molecule has 0 saturated carbocycles. The topological polar surface area (TPSA) is 229 Å². The van der Waals surface area contributed by atoms with E-state index in [0.717, 1.165) is 12.2 Å². The number of para-hydroxylation sites is 1. The zero-order chi connectivity index (χ0) is 53.4. The number of anilines is 1. The van der Waals surface area contributed by atoms with Crippen molar-refractivity contribution in [1.29, 1.82) is 0 Å². The van der Waals surface area contributed by atoms with Crippen molar-refractivity contribution in [2.45, 2.75) is 137 Å². The van der Waals surface area contributed by atoms with E-state index >= 15 is 0 Å². The molecule has 8 atom stereocenters. The quantitative estimate of drug-likeness (QED) is 0.129. The second kappa shape index (κ2) is 21.9. The van der Waals surface area contributed by atoms with Crippen LogP contribution in [-0.2, 0) is 23.9 Å². The summed E-state index contributed by atoms with van der Waals surface area (Å²) in [5, 5.41) is 45.2. The van der Waals surface area contributed by atoms with Gasteiger partial charge in [-0.15, -0.1) is 0 Å². The molecule has 1 spiro atoms. The third-order valence-corrected chi connectivity index (χ3v) is 15.8. The highest BCUT2D eigenvalue weighted by molar-refractivity contribution is 6.34. The number of piperidine rings is 2. The van der Waals surface area contributed by atoms with Crippen molar-refractivity contribution < 1.29 is 53.5 Å². The molecule has 1 aliphatic carbocycles. The van der Waals surface area contributed by atoms with E-state index in [0.29, 0.717) is 57.8 Å². The van der Waals surface area contributed by atoms with Gasteiger partial charge >= 0.3 is 11.8 Å². The van der Waals surface area contributed by atoms with Gasteiger partial charge in [-0.25, -0.2) is 0 Å². The number of hydrogen-bond donors (Lipinski definition) is 6. The van der Waals surface area contributed by atoms with Gasteiger partial charge in [0.05, 0.1) is 41.0 Å². The fourth-order valence-corrected chi connectivity index (χ4v) is 11.3. The largest absolute Gasteiger partial charge is 0.507 e. The van der Waals surface area contributed by atoms with E-state index in [1.165, 1.54) is 20.1 Å². The van der Waals surface area contributed by atoms with Crippen molar-refractivity contribution in [1.82, 2.24) is 20.4 Å². The molecular formula is C57H74N6O11. The number of phenolic OH excluding ortho intramolecular Hbond substituents is 1. The van der Waals surface area contributed by atoms with E-state index in [1.54, 1.807) is 56.9 Å². The van der Waals surface area contributed by atoms with Crippen LogP contribution in [0.4, 0.5) is 5.69 Å². The lowest BCUT2D eigenvalue weighted by Crippen LogP contribution is -2.50. The van der Waals surface area contributed by atoms with Crippen molar-refractivity contribution in [3.63, 3.8) is 0 Å². The first kappa shape index (κ1) is 54.0. The number of hydrogen-bond acceptors (Lipinski definition) is 15. The van der Waals surface area contributed by atoms with E-state index in [9.17, 15) is 39.3 Å². The van der Waals surface area contributed by atoms with Crippen LogP contribution in [0, 0.1) is 36.5 Å². The normalized spacial score (nSPS) is 30.4. The summed E-state index contributed by atoms with van der Waals surface area (Å²) in [6.45, 7) is 19.2. The van der Waals surface area contributed by atoms with Crippen molar-refractivity contribution in [3.8, 4) is 11.5 Å².